The Labute approximate surface area is 110 Å². The van der Waals surface area contributed by atoms with Gasteiger partial charge in [0.05, 0.1) is 19.8 Å². The molecule has 0 bridgehead atoms. The number of aliphatic carboxylic acids is 1. The third-order valence-corrected chi connectivity index (χ3v) is 2.35. The van der Waals surface area contributed by atoms with Crippen LogP contribution < -0.4 is 5.32 Å². The fraction of sp³-hybridized carbons (Fsp3) is 0.900. The van der Waals surface area contributed by atoms with Crippen LogP contribution in [0.15, 0.2) is 0 Å². The van der Waals surface area contributed by atoms with Crippen LogP contribution in [-0.4, -0.2) is 93.9 Å². The first-order chi connectivity index (χ1) is 8.91. The van der Waals surface area contributed by atoms with Gasteiger partial charge in [-0.15, -0.1) is 0 Å². The van der Waals surface area contributed by atoms with Crippen molar-refractivity contribution in [3.8, 4) is 0 Å². The van der Waals surface area contributed by atoms with Crippen LogP contribution in [0.1, 0.15) is 0 Å². The number of carbonyl (C=O) groups is 1. The zero-order chi connectivity index (χ0) is 14.8. The van der Waals surface area contributed by atoms with Gasteiger partial charge in [0.1, 0.15) is 18.3 Å². The molecule has 0 aromatic carbocycles. The number of aliphatic hydroxyl groups is 5. The number of ether oxygens (including phenoxy) is 1. The van der Waals surface area contributed by atoms with Crippen molar-refractivity contribution >= 4 is 5.97 Å². The number of rotatable bonds is 5. The topological polar surface area (TPSA) is 160 Å². The first-order valence-electron chi connectivity index (χ1n) is 5.76. The Balaban J connectivity index is 0.000000443. The molecule has 0 aliphatic carbocycles. The van der Waals surface area contributed by atoms with Gasteiger partial charge in [0, 0.05) is 13.1 Å². The molecule has 0 amide bonds. The maximum atomic E-state index is 10.1. The minimum Gasteiger partial charge on any atom is -0.479 e. The molecule has 0 aromatic rings. The van der Waals surface area contributed by atoms with Crippen LogP contribution in [0.4, 0.5) is 0 Å². The Morgan fingerprint density at radius 2 is 1.63 bits per heavy atom. The summed E-state index contributed by atoms with van der Waals surface area (Å²) in [4.78, 5) is 10.1. The van der Waals surface area contributed by atoms with Gasteiger partial charge >= 0.3 is 5.97 Å². The van der Waals surface area contributed by atoms with E-state index in [9.17, 15) is 4.79 Å². The molecule has 1 fully saturated rings. The van der Waals surface area contributed by atoms with E-state index in [1.54, 1.807) is 0 Å². The average molecular weight is 283 g/mol. The summed E-state index contributed by atoms with van der Waals surface area (Å²) in [5, 5.41) is 55.0. The number of nitrogens with one attached hydrogen (secondary N) is 1. The van der Waals surface area contributed by atoms with E-state index in [0.717, 1.165) is 26.3 Å². The standard InChI is InChI=1S/C6H12O7.C4H9NO/c7-1-2(8)3(9)4(10)5(11)6(12)13;1-3-6-4-2-5-1/h2-5,7-11H,1H2,(H,12,13);5H,1-4H2. The Morgan fingerprint density at radius 3 is 1.89 bits per heavy atom. The van der Waals surface area contributed by atoms with Crippen LogP contribution >= 0.6 is 0 Å². The summed E-state index contributed by atoms with van der Waals surface area (Å²) in [6.45, 7) is 2.99. The highest BCUT2D eigenvalue weighted by atomic mass is 16.5. The number of hydrogen-bond acceptors (Lipinski definition) is 8. The van der Waals surface area contributed by atoms with Crippen LogP contribution in [0.5, 0.6) is 0 Å². The Hall–Kier alpha value is -0.810. The lowest BCUT2D eigenvalue weighted by molar-refractivity contribution is -0.164. The zero-order valence-electron chi connectivity index (χ0n) is 10.3. The van der Waals surface area contributed by atoms with Crippen molar-refractivity contribution in [3.63, 3.8) is 0 Å². The lowest BCUT2D eigenvalue weighted by atomic mass is 10.0. The molecule has 1 aliphatic rings. The highest BCUT2D eigenvalue weighted by Gasteiger charge is 2.33. The third kappa shape index (κ3) is 7.38. The summed E-state index contributed by atoms with van der Waals surface area (Å²) in [7, 11) is 0. The van der Waals surface area contributed by atoms with Gasteiger partial charge in [-0.25, -0.2) is 4.79 Å². The minimum absolute atomic E-state index is 0.843. The summed E-state index contributed by atoms with van der Waals surface area (Å²) in [6.07, 6.45) is -7.84. The van der Waals surface area contributed by atoms with Gasteiger partial charge in [-0.05, 0) is 0 Å². The quantitative estimate of drug-likeness (QED) is 0.268. The van der Waals surface area contributed by atoms with Crippen LogP contribution in [0.3, 0.4) is 0 Å². The molecule has 1 saturated heterocycles. The highest BCUT2D eigenvalue weighted by Crippen LogP contribution is 2.04. The van der Waals surface area contributed by atoms with E-state index < -0.39 is 37.0 Å². The molecule has 7 N–H and O–H groups in total. The van der Waals surface area contributed by atoms with Crippen molar-refractivity contribution in [2.75, 3.05) is 32.9 Å². The number of morpholine rings is 1. The highest BCUT2D eigenvalue weighted by molar-refractivity contribution is 5.72. The first kappa shape index (κ1) is 18.2. The number of hydrogen-bond donors (Lipinski definition) is 7. The van der Waals surface area contributed by atoms with Crippen LogP contribution in [0.2, 0.25) is 0 Å². The van der Waals surface area contributed by atoms with Crippen LogP contribution in [-0.2, 0) is 9.53 Å². The first-order valence-corrected chi connectivity index (χ1v) is 5.76. The molecule has 4 atom stereocenters. The third-order valence-electron chi connectivity index (χ3n) is 2.35. The Morgan fingerprint density at radius 1 is 1.11 bits per heavy atom. The lowest BCUT2D eigenvalue weighted by Crippen LogP contribution is -2.48. The predicted octanol–water partition coefficient (Wildman–Crippen LogP) is -3.89. The molecule has 9 nitrogen and oxygen atoms in total. The van der Waals surface area contributed by atoms with E-state index in [1.807, 2.05) is 0 Å². The molecule has 114 valence electrons. The molecule has 9 heteroatoms. The van der Waals surface area contributed by atoms with Crippen LogP contribution in [0.25, 0.3) is 0 Å². The molecule has 1 aliphatic heterocycles. The summed E-state index contributed by atoms with van der Waals surface area (Å²) in [6, 6.07) is 0. The summed E-state index contributed by atoms with van der Waals surface area (Å²) >= 11 is 0. The van der Waals surface area contributed by atoms with Crippen molar-refractivity contribution in [2.24, 2.45) is 0 Å². The van der Waals surface area contributed by atoms with Gasteiger partial charge in [0.2, 0.25) is 0 Å². The van der Waals surface area contributed by atoms with Crippen molar-refractivity contribution in [2.45, 2.75) is 24.4 Å². The minimum atomic E-state index is -2.20. The van der Waals surface area contributed by atoms with E-state index in [-0.39, 0.29) is 0 Å². The molecular weight excluding hydrogens is 262 g/mol. The molecule has 4 unspecified atom stereocenters. The zero-order valence-corrected chi connectivity index (χ0v) is 10.3. The average Bonchev–Trinajstić information content (AvgIpc) is 2.46. The fourth-order valence-corrected chi connectivity index (χ4v) is 1.18. The molecule has 19 heavy (non-hydrogen) atoms. The normalized spacial score (nSPS) is 21.5. The molecule has 1 rings (SSSR count). The predicted molar refractivity (Wildman–Crippen MR) is 62.4 cm³/mol. The number of carboxylic acid groups (broad SMARTS) is 1. The molecule has 1 heterocycles. The molecule has 0 saturated carbocycles. The monoisotopic (exact) mass is 283 g/mol. The lowest BCUT2D eigenvalue weighted by Gasteiger charge is -2.23. The molecular formula is C10H21NO8. The van der Waals surface area contributed by atoms with Gasteiger partial charge in [0.25, 0.3) is 0 Å². The fourth-order valence-electron chi connectivity index (χ4n) is 1.18. The second-order valence-corrected chi connectivity index (χ2v) is 3.88. The van der Waals surface area contributed by atoms with Gasteiger partial charge in [-0.3, -0.25) is 0 Å². The summed E-state index contributed by atoms with van der Waals surface area (Å²) in [5.74, 6) is -1.73. The van der Waals surface area contributed by atoms with Gasteiger partial charge in [0.15, 0.2) is 6.10 Å². The maximum Gasteiger partial charge on any atom is 0.335 e. The summed E-state index contributed by atoms with van der Waals surface area (Å²) in [5.41, 5.74) is 0. The molecule has 0 aromatic heterocycles. The van der Waals surface area contributed by atoms with Crippen molar-refractivity contribution in [1.29, 1.82) is 0 Å². The smallest absolute Gasteiger partial charge is 0.335 e. The number of carboxylic acids is 1. The SMILES string of the molecule is C1COCCN1.O=C(O)C(O)C(O)C(O)C(O)CO. The molecule has 0 radical (unpaired) electrons. The Kier molecular flexibility index (Phi) is 9.61. The van der Waals surface area contributed by atoms with Crippen molar-refractivity contribution in [3.05, 3.63) is 0 Å². The second kappa shape index (κ2) is 10.0. The van der Waals surface area contributed by atoms with E-state index in [2.05, 4.69) is 5.32 Å². The Bertz CT molecular complexity index is 236. The van der Waals surface area contributed by atoms with E-state index in [1.165, 1.54) is 0 Å². The second-order valence-electron chi connectivity index (χ2n) is 3.88. The number of aliphatic hydroxyl groups excluding tert-OH is 5. The van der Waals surface area contributed by atoms with Gasteiger partial charge in [-0.2, -0.15) is 0 Å². The van der Waals surface area contributed by atoms with Gasteiger partial charge < -0.3 is 40.7 Å². The van der Waals surface area contributed by atoms with Gasteiger partial charge in [-0.1, -0.05) is 0 Å². The van der Waals surface area contributed by atoms with E-state index >= 15 is 0 Å². The van der Waals surface area contributed by atoms with Crippen molar-refractivity contribution < 1.29 is 40.2 Å². The summed E-state index contributed by atoms with van der Waals surface area (Å²) < 4.78 is 5.01. The maximum absolute atomic E-state index is 10.1. The van der Waals surface area contributed by atoms with Crippen molar-refractivity contribution in [1.82, 2.24) is 5.32 Å². The largest absolute Gasteiger partial charge is 0.479 e. The van der Waals surface area contributed by atoms with E-state index in [0.29, 0.717) is 0 Å². The molecule has 0 spiro atoms. The van der Waals surface area contributed by atoms with E-state index in [4.69, 9.17) is 35.4 Å². The van der Waals surface area contributed by atoms with Crippen LogP contribution in [0, 0.1) is 0 Å².